The minimum Gasteiger partial charge on any atom is -0.380 e. The second-order valence-electron chi connectivity index (χ2n) is 4.33. The summed E-state index contributed by atoms with van der Waals surface area (Å²) >= 11 is 1.66. The van der Waals surface area contributed by atoms with Crippen LogP contribution in [0.1, 0.15) is 20.4 Å². The average Bonchev–Trinajstić information content (AvgIpc) is 2.81. The lowest BCUT2D eigenvalue weighted by molar-refractivity contribution is 0.0822. The van der Waals surface area contributed by atoms with Gasteiger partial charge in [-0.25, -0.2) is 4.98 Å². The summed E-state index contributed by atoms with van der Waals surface area (Å²) in [5, 5.41) is 4.32. The van der Waals surface area contributed by atoms with Gasteiger partial charge in [0, 0.05) is 37.1 Å². The molecule has 19 heavy (non-hydrogen) atoms. The molecular weight excluding hydrogens is 260 g/mol. The molecule has 0 fully saturated rings. The van der Waals surface area contributed by atoms with Crippen LogP contribution in [0.3, 0.4) is 0 Å². The van der Waals surface area contributed by atoms with Crippen LogP contribution in [0.25, 0.3) is 0 Å². The second kappa shape index (κ2) is 5.79. The van der Waals surface area contributed by atoms with Gasteiger partial charge >= 0.3 is 0 Å². The zero-order chi connectivity index (χ0) is 13.8. The first-order chi connectivity index (χ1) is 9.06. The molecule has 5 nitrogen and oxygen atoms in total. The minimum atomic E-state index is -0.0997. The van der Waals surface area contributed by atoms with Crippen molar-refractivity contribution in [3.05, 3.63) is 40.1 Å². The smallest absolute Gasteiger partial charge is 0.272 e. The molecule has 1 amide bonds. The number of amides is 1. The van der Waals surface area contributed by atoms with Crippen molar-refractivity contribution in [2.45, 2.75) is 13.5 Å². The van der Waals surface area contributed by atoms with Crippen LogP contribution in [0, 0.1) is 6.92 Å². The first-order valence-electron chi connectivity index (χ1n) is 5.89. The molecule has 0 aromatic carbocycles. The Morgan fingerprint density at radius 1 is 1.42 bits per heavy atom. The van der Waals surface area contributed by atoms with Crippen molar-refractivity contribution in [3.8, 4) is 0 Å². The summed E-state index contributed by atoms with van der Waals surface area (Å²) in [6, 6.07) is 3.61. The summed E-state index contributed by atoms with van der Waals surface area (Å²) in [7, 11) is 3.43. The molecule has 0 bridgehead atoms. The van der Waals surface area contributed by atoms with Crippen molar-refractivity contribution in [1.29, 1.82) is 0 Å². The highest BCUT2D eigenvalue weighted by atomic mass is 32.1. The molecule has 0 atom stereocenters. The zero-order valence-electron chi connectivity index (χ0n) is 11.2. The fourth-order valence-electron chi connectivity index (χ4n) is 1.56. The Bertz CT molecular complexity index is 580. The summed E-state index contributed by atoms with van der Waals surface area (Å²) < 4.78 is 0. The number of pyridine rings is 1. The molecule has 0 saturated heterocycles. The Morgan fingerprint density at radius 3 is 2.84 bits per heavy atom. The molecule has 0 aliphatic heterocycles. The van der Waals surface area contributed by atoms with Gasteiger partial charge in [0.1, 0.15) is 5.69 Å². The van der Waals surface area contributed by atoms with E-state index in [-0.39, 0.29) is 5.91 Å². The van der Waals surface area contributed by atoms with Crippen molar-refractivity contribution in [2.75, 3.05) is 19.4 Å². The lowest BCUT2D eigenvalue weighted by Crippen LogP contribution is -2.22. The lowest BCUT2D eigenvalue weighted by Gasteiger charge is -2.10. The SMILES string of the molecule is Cc1ncc(CNc2ccnc(C(=O)N(C)C)c2)s1. The third-order valence-electron chi connectivity index (χ3n) is 2.52. The summed E-state index contributed by atoms with van der Waals surface area (Å²) in [4.78, 5) is 22.8. The lowest BCUT2D eigenvalue weighted by atomic mass is 10.3. The molecule has 2 aromatic heterocycles. The Balaban J connectivity index is 2.05. The molecule has 6 heteroatoms. The molecule has 2 rings (SSSR count). The van der Waals surface area contributed by atoms with Gasteiger partial charge in [-0.15, -0.1) is 11.3 Å². The van der Waals surface area contributed by atoms with Gasteiger partial charge in [0.25, 0.3) is 5.91 Å². The highest BCUT2D eigenvalue weighted by molar-refractivity contribution is 7.11. The van der Waals surface area contributed by atoms with E-state index in [1.165, 1.54) is 4.90 Å². The molecule has 0 aliphatic rings. The van der Waals surface area contributed by atoms with Crippen LogP contribution in [-0.2, 0) is 6.54 Å². The van der Waals surface area contributed by atoms with E-state index in [1.54, 1.807) is 37.7 Å². The van der Waals surface area contributed by atoms with Crippen LogP contribution in [-0.4, -0.2) is 34.9 Å². The van der Waals surface area contributed by atoms with E-state index in [2.05, 4.69) is 15.3 Å². The Morgan fingerprint density at radius 2 is 2.21 bits per heavy atom. The van der Waals surface area contributed by atoms with Crippen LogP contribution in [0.2, 0.25) is 0 Å². The van der Waals surface area contributed by atoms with Gasteiger partial charge in [0.05, 0.1) is 11.6 Å². The third kappa shape index (κ3) is 3.51. The topological polar surface area (TPSA) is 58.1 Å². The largest absolute Gasteiger partial charge is 0.380 e. The van der Waals surface area contributed by atoms with Crippen molar-refractivity contribution < 1.29 is 4.79 Å². The Kier molecular flexibility index (Phi) is 4.11. The molecule has 0 aliphatic carbocycles. The normalized spacial score (nSPS) is 10.3. The summed E-state index contributed by atoms with van der Waals surface area (Å²) in [5.74, 6) is -0.0997. The van der Waals surface area contributed by atoms with E-state index in [1.807, 2.05) is 19.2 Å². The monoisotopic (exact) mass is 276 g/mol. The Labute approximate surface area is 116 Å². The number of aromatic nitrogens is 2. The Hall–Kier alpha value is -1.95. The van der Waals surface area contributed by atoms with Gasteiger partial charge in [-0.1, -0.05) is 0 Å². The van der Waals surface area contributed by atoms with Crippen LogP contribution in [0.15, 0.2) is 24.5 Å². The van der Waals surface area contributed by atoms with Gasteiger partial charge in [0.15, 0.2) is 0 Å². The third-order valence-corrected chi connectivity index (χ3v) is 3.43. The summed E-state index contributed by atoms with van der Waals surface area (Å²) in [6.07, 6.45) is 3.50. The van der Waals surface area contributed by atoms with Crippen LogP contribution >= 0.6 is 11.3 Å². The van der Waals surface area contributed by atoms with Crippen molar-refractivity contribution in [2.24, 2.45) is 0 Å². The summed E-state index contributed by atoms with van der Waals surface area (Å²) in [6.45, 7) is 2.68. The van der Waals surface area contributed by atoms with Gasteiger partial charge in [-0.05, 0) is 19.1 Å². The van der Waals surface area contributed by atoms with Crippen LogP contribution in [0.4, 0.5) is 5.69 Å². The minimum absolute atomic E-state index is 0.0997. The number of nitrogens with one attached hydrogen (secondary N) is 1. The molecule has 0 spiro atoms. The number of carbonyl (C=O) groups is 1. The average molecular weight is 276 g/mol. The number of hydrogen-bond acceptors (Lipinski definition) is 5. The van der Waals surface area contributed by atoms with E-state index >= 15 is 0 Å². The fraction of sp³-hybridized carbons (Fsp3) is 0.308. The van der Waals surface area contributed by atoms with Crippen molar-refractivity contribution in [3.63, 3.8) is 0 Å². The number of thiazole rings is 1. The van der Waals surface area contributed by atoms with Crippen molar-refractivity contribution in [1.82, 2.24) is 14.9 Å². The first-order valence-corrected chi connectivity index (χ1v) is 6.71. The van der Waals surface area contributed by atoms with Crippen LogP contribution < -0.4 is 5.32 Å². The number of rotatable bonds is 4. The van der Waals surface area contributed by atoms with Gasteiger partial charge in [-0.2, -0.15) is 0 Å². The zero-order valence-corrected chi connectivity index (χ0v) is 12.0. The van der Waals surface area contributed by atoms with Crippen LogP contribution in [0.5, 0.6) is 0 Å². The standard InChI is InChI=1S/C13H16N4OS/c1-9-15-7-11(19-9)8-16-10-4-5-14-12(6-10)13(18)17(2)3/h4-7H,8H2,1-3H3,(H,14,16). The maximum absolute atomic E-state index is 11.8. The van der Waals surface area contributed by atoms with Gasteiger partial charge in [-0.3, -0.25) is 9.78 Å². The molecule has 2 heterocycles. The molecule has 0 unspecified atom stereocenters. The van der Waals surface area contributed by atoms with E-state index in [0.717, 1.165) is 15.6 Å². The number of hydrogen-bond donors (Lipinski definition) is 1. The highest BCUT2D eigenvalue weighted by Crippen LogP contribution is 2.15. The number of carbonyl (C=O) groups excluding carboxylic acids is 1. The number of aryl methyl sites for hydroxylation is 1. The number of nitrogens with zero attached hydrogens (tertiary/aromatic N) is 3. The predicted molar refractivity (Wildman–Crippen MR) is 76.4 cm³/mol. The van der Waals surface area contributed by atoms with E-state index in [9.17, 15) is 4.79 Å². The number of anilines is 1. The van der Waals surface area contributed by atoms with E-state index in [0.29, 0.717) is 12.2 Å². The second-order valence-corrected chi connectivity index (χ2v) is 5.65. The predicted octanol–water partition coefficient (Wildman–Crippen LogP) is 2.16. The maximum Gasteiger partial charge on any atom is 0.272 e. The molecule has 1 N–H and O–H groups in total. The highest BCUT2D eigenvalue weighted by Gasteiger charge is 2.09. The van der Waals surface area contributed by atoms with Gasteiger partial charge in [0.2, 0.25) is 0 Å². The molecule has 0 radical (unpaired) electrons. The summed E-state index contributed by atoms with van der Waals surface area (Å²) in [5.41, 5.74) is 1.32. The van der Waals surface area contributed by atoms with E-state index in [4.69, 9.17) is 0 Å². The van der Waals surface area contributed by atoms with E-state index < -0.39 is 0 Å². The molecule has 0 saturated carbocycles. The fourth-order valence-corrected chi connectivity index (χ4v) is 2.30. The van der Waals surface area contributed by atoms with Gasteiger partial charge < -0.3 is 10.2 Å². The molecule has 2 aromatic rings. The maximum atomic E-state index is 11.8. The quantitative estimate of drug-likeness (QED) is 0.929. The van der Waals surface area contributed by atoms with Crippen molar-refractivity contribution >= 4 is 22.9 Å². The molecule has 100 valence electrons. The first kappa shape index (κ1) is 13.5. The molecular formula is C13H16N4OS.